The van der Waals surface area contributed by atoms with E-state index < -0.39 is 5.41 Å². The van der Waals surface area contributed by atoms with Gasteiger partial charge >= 0.3 is 0 Å². The molecule has 0 heterocycles. The summed E-state index contributed by atoms with van der Waals surface area (Å²) >= 11 is 0. The lowest BCUT2D eigenvalue weighted by atomic mass is 9.95. The van der Waals surface area contributed by atoms with E-state index >= 15 is 0 Å². The van der Waals surface area contributed by atoms with E-state index in [-0.39, 0.29) is 23.8 Å². The first-order valence-electron chi connectivity index (χ1n) is 7.97. The molecule has 0 aliphatic heterocycles. The Bertz CT molecular complexity index is 547. The minimum absolute atomic E-state index is 0.0967. The van der Waals surface area contributed by atoms with Gasteiger partial charge in [-0.1, -0.05) is 33.8 Å². The van der Waals surface area contributed by atoms with Crippen LogP contribution in [0.5, 0.6) is 0 Å². The Hall–Kier alpha value is -1.88. The van der Waals surface area contributed by atoms with Gasteiger partial charge in [-0.2, -0.15) is 0 Å². The first kappa shape index (κ1) is 19.2. The monoisotopic (exact) mass is 320 g/mol. The zero-order chi connectivity index (χ0) is 17.6. The van der Waals surface area contributed by atoms with Gasteiger partial charge in [0.1, 0.15) is 0 Å². The first-order chi connectivity index (χ1) is 10.6. The largest absolute Gasteiger partial charge is 0.393 e. The highest BCUT2D eigenvalue weighted by Gasteiger charge is 2.21. The van der Waals surface area contributed by atoms with Crippen molar-refractivity contribution in [3.8, 4) is 0 Å². The second-order valence-electron chi connectivity index (χ2n) is 7.18. The van der Waals surface area contributed by atoms with E-state index in [0.717, 1.165) is 0 Å². The van der Waals surface area contributed by atoms with Gasteiger partial charge in [0.25, 0.3) is 5.91 Å². The third-order valence-corrected chi connectivity index (χ3v) is 3.42. The predicted octanol–water partition coefficient (Wildman–Crippen LogP) is 2.81. The first-order valence-corrected chi connectivity index (χ1v) is 7.97. The fraction of sp³-hybridized carbons (Fsp3) is 0.556. The summed E-state index contributed by atoms with van der Waals surface area (Å²) in [5.74, 6) is -0.0855. The number of aliphatic hydroxyl groups excluding tert-OH is 1. The zero-order valence-electron chi connectivity index (χ0n) is 14.6. The van der Waals surface area contributed by atoms with Crippen LogP contribution in [0.25, 0.3) is 0 Å². The minimum atomic E-state index is -0.491. The van der Waals surface area contributed by atoms with Crippen LogP contribution in [0.15, 0.2) is 24.3 Å². The summed E-state index contributed by atoms with van der Waals surface area (Å²) in [5.41, 5.74) is 0.616. The predicted molar refractivity (Wildman–Crippen MR) is 92.3 cm³/mol. The molecule has 2 atom stereocenters. The molecule has 1 rings (SSSR count). The number of amides is 2. The van der Waals surface area contributed by atoms with Gasteiger partial charge in [-0.05, 0) is 37.5 Å². The summed E-state index contributed by atoms with van der Waals surface area (Å²) in [4.78, 5) is 24.2. The van der Waals surface area contributed by atoms with E-state index in [1.807, 2.05) is 27.7 Å². The van der Waals surface area contributed by atoms with Crippen molar-refractivity contribution in [3.05, 3.63) is 29.8 Å². The molecule has 5 heteroatoms. The molecule has 0 aliphatic carbocycles. The quantitative estimate of drug-likeness (QED) is 0.754. The molecule has 0 aliphatic rings. The molecular formula is C18H28N2O3. The van der Waals surface area contributed by atoms with Gasteiger partial charge in [0.2, 0.25) is 5.91 Å². The van der Waals surface area contributed by atoms with E-state index in [1.54, 1.807) is 31.2 Å². The van der Waals surface area contributed by atoms with E-state index in [9.17, 15) is 14.7 Å². The molecule has 128 valence electrons. The van der Waals surface area contributed by atoms with Crippen molar-refractivity contribution >= 4 is 17.5 Å². The number of aliphatic hydroxyl groups is 1. The molecule has 0 aromatic heterocycles. The molecule has 23 heavy (non-hydrogen) atoms. The molecule has 3 N–H and O–H groups in total. The molecule has 1 aromatic rings. The van der Waals surface area contributed by atoms with Crippen molar-refractivity contribution < 1.29 is 14.7 Å². The number of carbonyl (C=O) groups is 2. The Morgan fingerprint density at radius 2 is 1.87 bits per heavy atom. The third-order valence-electron chi connectivity index (χ3n) is 3.42. The number of carbonyl (C=O) groups excluding carboxylic acids is 2. The van der Waals surface area contributed by atoms with Gasteiger partial charge in [-0.15, -0.1) is 0 Å². The third kappa shape index (κ3) is 6.82. The Morgan fingerprint density at radius 1 is 1.22 bits per heavy atom. The van der Waals surface area contributed by atoms with E-state index in [4.69, 9.17) is 0 Å². The number of hydrogen-bond acceptors (Lipinski definition) is 3. The summed E-state index contributed by atoms with van der Waals surface area (Å²) in [6.07, 6.45) is 0.264. The van der Waals surface area contributed by atoms with Gasteiger partial charge in [-0.3, -0.25) is 9.59 Å². The van der Waals surface area contributed by atoms with Gasteiger partial charge in [-0.25, -0.2) is 0 Å². The number of hydrogen-bond donors (Lipinski definition) is 3. The molecule has 0 saturated heterocycles. The molecule has 1 aromatic carbocycles. The molecular weight excluding hydrogens is 292 g/mol. The Kier molecular flexibility index (Phi) is 6.76. The second kappa shape index (κ2) is 8.11. The van der Waals surface area contributed by atoms with Crippen LogP contribution >= 0.6 is 0 Å². The Balaban J connectivity index is 2.65. The highest BCUT2D eigenvalue weighted by Crippen LogP contribution is 2.18. The number of nitrogens with one attached hydrogen (secondary N) is 2. The van der Waals surface area contributed by atoms with E-state index in [2.05, 4.69) is 10.6 Å². The van der Waals surface area contributed by atoms with Crippen LogP contribution in [0.1, 0.15) is 51.4 Å². The van der Waals surface area contributed by atoms with Gasteiger partial charge in [0.05, 0.1) is 6.10 Å². The molecule has 2 amide bonds. The summed E-state index contributed by atoms with van der Waals surface area (Å²) in [7, 11) is 0. The number of rotatable bonds is 6. The molecule has 2 unspecified atom stereocenters. The Labute approximate surface area is 138 Å². The molecule has 0 bridgehead atoms. The molecule has 0 spiro atoms. The van der Waals surface area contributed by atoms with Gasteiger partial charge < -0.3 is 15.7 Å². The summed E-state index contributed by atoms with van der Waals surface area (Å²) in [6.45, 7) is 9.72. The van der Waals surface area contributed by atoms with Crippen molar-refractivity contribution in [2.45, 2.75) is 47.1 Å². The minimum Gasteiger partial charge on any atom is -0.393 e. The Morgan fingerprint density at radius 3 is 2.43 bits per heavy atom. The lowest BCUT2D eigenvalue weighted by molar-refractivity contribution is -0.123. The fourth-order valence-electron chi connectivity index (χ4n) is 2.09. The maximum absolute atomic E-state index is 12.2. The van der Waals surface area contributed by atoms with E-state index in [1.165, 1.54) is 0 Å². The lowest BCUT2D eigenvalue weighted by Gasteiger charge is -2.18. The van der Waals surface area contributed by atoms with Crippen molar-refractivity contribution in [2.75, 3.05) is 11.9 Å². The molecule has 0 saturated carbocycles. The van der Waals surface area contributed by atoms with Crippen molar-refractivity contribution in [1.29, 1.82) is 0 Å². The molecule has 5 nitrogen and oxygen atoms in total. The van der Waals surface area contributed by atoms with Gasteiger partial charge in [0.15, 0.2) is 0 Å². The van der Waals surface area contributed by atoms with Crippen molar-refractivity contribution in [2.24, 2.45) is 11.3 Å². The standard InChI is InChI=1S/C18H28N2O3/c1-12(9-13(2)21)11-19-16(22)14-7-6-8-15(10-14)20-17(23)18(3,4)5/h6-8,10,12-13,21H,9,11H2,1-5H3,(H,19,22)(H,20,23). The second-order valence-corrected chi connectivity index (χ2v) is 7.18. The van der Waals surface area contributed by atoms with Crippen LogP contribution in [0.4, 0.5) is 5.69 Å². The fourth-order valence-corrected chi connectivity index (χ4v) is 2.09. The van der Waals surface area contributed by atoms with Crippen molar-refractivity contribution in [1.82, 2.24) is 5.32 Å². The number of benzene rings is 1. The topological polar surface area (TPSA) is 78.4 Å². The maximum Gasteiger partial charge on any atom is 0.251 e. The average Bonchev–Trinajstić information content (AvgIpc) is 2.43. The van der Waals surface area contributed by atoms with Crippen LogP contribution in [-0.2, 0) is 4.79 Å². The lowest BCUT2D eigenvalue weighted by Crippen LogP contribution is -2.30. The van der Waals surface area contributed by atoms with Crippen LogP contribution < -0.4 is 10.6 Å². The van der Waals surface area contributed by atoms with Crippen molar-refractivity contribution in [3.63, 3.8) is 0 Å². The summed E-state index contributed by atoms with van der Waals surface area (Å²) in [5, 5.41) is 15.0. The normalized spacial score (nSPS) is 14.0. The summed E-state index contributed by atoms with van der Waals surface area (Å²) < 4.78 is 0. The van der Waals surface area contributed by atoms with Crippen LogP contribution in [0.2, 0.25) is 0 Å². The van der Waals surface area contributed by atoms with Crippen LogP contribution in [0, 0.1) is 11.3 Å². The highest BCUT2D eigenvalue weighted by molar-refractivity contribution is 5.98. The smallest absolute Gasteiger partial charge is 0.251 e. The summed E-state index contributed by atoms with van der Waals surface area (Å²) in [6, 6.07) is 6.88. The maximum atomic E-state index is 12.2. The van der Waals surface area contributed by atoms with Crippen LogP contribution in [0.3, 0.4) is 0 Å². The zero-order valence-corrected chi connectivity index (χ0v) is 14.6. The van der Waals surface area contributed by atoms with Gasteiger partial charge in [0, 0.05) is 23.2 Å². The number of anilines is 1. The van der Waals surface area contributed by atoms with E-state index in [0.29, 0.717) is 24.2 Å². The molecule has 0 fully saturated rings. The molecule has 0 radical (unpaired) electrons. The average molecular weight is 320 g/mol. The SMILES string of the molecule is CC(O)CC(C)CNC(=O)c1cccc(NC(=O)C(C)(C)C)c1. The van der Waals surface area contributed by atoms with Crippen LogP contribution in [-0.4, -0.2) is 29.6 Å². The highest BCUT2D eigenvalue weighted by atomic mass is 16.3.